The van der Waals surface area contributed by atoms with Crippen molar-refractivity contribution in [3.05, 3.63) is 20.8 Å². The van der Waals surface area contributed by atoms with Crippen molar-refractivity contribution in [2.24, 2.45) is 0 Å². The molecule has 2 fully saturated rings. The number of nitrogens with zero attached hydrogens (tertiary/aromatic N) is 2. The zero-order chi connectivity index (χ0) is 15.7. The molecule has 22 heavy (non-hydrogen) atoms. The molecule has 120 valence electrons. The second-order valence-electron chi connectivity index (χ2n) is 5.93. The molecule has 1 aromatic heterocycles. The maximum absolute atomic E-state index is 12.4. The summed E-state index contributed by atoms with van der Waals surface area (Å²) in [6, 6.07) is 2.15. The lowest BCUT2D eigenvalue weighted by atomic mass is 10.2. The maximum atomic E-state index is 12.4. The quantitative estimate of drug-likeness (QED) is 0.861. The van der Waals surface area contributed by atoms with Gasteiger partial charge in [0.25, 0.3) is 5.91 Å². The van der Waals surface area contributed by atoms with Crippen LogP contribution in [0.15, 0.2) is 15.2 Å². The van der Waals surface area contributed by atoms with Gasteiger partial charge in [-0.2, -0.15) is 0 Å². The van der Waals surface area contributed by atoms with Crippen molar-refractivity contribution in [1.82, 2.24) is 15.1 Å². The highest BCUT2D eigenvalue weighted by molar-refractivity contribution is 9.11. The van der Waals surface area contributed by atoms with E-state index in [0.717, 1.165) is 35.3 Å². The van der Waals surface area contributed by atoms with Crippen molar-refractivity contribution in [2.45, 2.75) is 31.8 Å². The van der Waals surface area contributed by atoms with Gasteiger partial charge < -0.3 is 10.2 Å². The number of amides is 2. The van der Waals surface area contributed by atoms with Crippen LogP contribution >= 0.6 is 27.3 Å². The van der Waals surface area contributed by atoms with E-state index in [1.165, 1.54) is 11.3 Å². The molecule has 7 heteroatoms. The number of hydrogen-bond acceptors (Lipinski definition) is 4. The molecule has 1 saturated carbocycles. The third kappa shape index (κ3) is 3.70. The molecule has 1 N–H and O–H groups in total. The molecular weight excluding hydrogens is 366 g/mol. The fraction of sp³-hybridized carbons (Fsp3) is 0.600. The van der Waals surface area contributed by atoms with E-state index < -0.39 is 0 Å². The van der Waals surface area contributed by atoms with Gasteiger partial charge in [0.1, 0.15) is 0 Å². The Labute approximate surface area is 142 Å². The Balaban J connectivity index is 1.51. The van der Waals surface area contributed by atoms with Gasteiger partial charge in [-0.3, -0.25) is 14.5 Å². The van der Waals surface area contributed by atoms with Crippen LogP contribution in [0.2, 0.25) is 0 Å². The smallest absolute Gasteiger partial charge is 0.254 e. The number of nitrogens with one attached hydrogen (secondary N) is 1. The Morgan fingerprint density at radius 1 is 1.32 bits per heavy atom. The summed E-state index contributed by atoms with van der Waals surface area (Å²) < 4.78 is 0.972. The van der Waals surface area contributed by atoms with Crippen LogP contribution in [0, 0.1) is 0 Å². The van der Waals surface area contributed by atoms with Crippen LogP contribution < -0.4 is 5.32 Å². The Hall–Kier alpha value is -0.920. The van der Waals surface area contributed by atoms with Crippen LogP contribution in [-0.2, 0) is 4.79 Å². The normalized spacial score (nSPS) is 20.7. The molecule has 3 rings (SSSR count). The lowest BCUT2D eigenvalue weighted by Crippen LogP contribution is -2.55. The first kappa shape index (κ1) is 16.0. The Morgan fingerprint density at radius 2 is 2.00 bits per heavy atom. The molecule has 0 aromatic carbocycles. The van der Waals surface area contributed by atoms with Crippen molar-refractivity contribution in [2.75, 3.05) is 26.2 Å². The maximum Gasteiger partial charge on any atom is 0.254 e. The molecule has 1 saturated heterocycles. The van der Waals surface area contributed by atoms with Crippen molar-refractivity contribution in [3.8, 4) is 0 Å². The molecule has 1 atom stereocenters. The molecule has 0 bridgehead atoms. The SMILES string of the molecule is CC(C(=O)NC1CC1)N1CCN(C(=O)c2csc(Br)c2)CC1. The van der Waals surface area contributed by atoms with E-state index in [1.54, 1.807) is 0 Å². The summed E-state index contributed by atoms with van der Waals surface area (Å²) in [7, 11) is 0. The monoisotopic (exact) mass is 385 g/mol. The zero-order valence-corrected chi connectivity index (χ0v) is 15.0. The number of carbonyl (C=O) groups excluding carboxylic acids is 2. The van der Waals surface area contributed by atoms with Crippen LogP contribution in [0.1, 0.15) is 30.1 Å². The molecule has 1 aromatic rings. The van der Waals surface area contributed by atoms with Gasteiger partial charge in [-0.1, -0.05) is 0 Å². The number of hydrogen-bond donors (Lipinski definition) is 1. The standard InChI is InChI=1S/C15H20BrN3O2S/c1-10(14(20)17-12-2-3-12)18-4-6-19(7-5-18)15(21)11-8-13(16)22-9-11/h8-10,12H,2-7H2,1H3,(H,17,20). The van der Waals surface area contributed by atoms with Gasteiger partial charge in [-0.05, 0) is 41.8 Å². The van der Waals surface area contributed by atoms with E-state index in [9.17, 15) is 9.59 Å². The Kier molecular flexibility index (Phi) is 4.84. The van der Waals surface area contributed by atoms with E-state index in [4.69, 9.17) is 0 Å². The van der Waals surface area contributed by atoms with E-state index in [-0.39, 0.29) is 17.9 Å². The van der Waals surface area contributed by atoms with Gasteiger partial charge in [0.15, 0.2) is 0 Å². The van der Waals surface area contributed by atoms with Gasteiger partial charge in [-0.25, -0.2) is 0 Å². The summed E-state index contributed by atoms with van der Waals surface area (Å²) in [6.45, 7) is 4.79. The lowest BCUT2D eigenvalue weighted by Gasteiger charge is -2.37. The highest BCUT2D eigenvalue weighted by Crippen LogP contribution is 2.22. The first-order valence-electron chi connectivity index (χ1n) is 7.62. The van der Waals surface area contributed by atoms with Crippen LogP contribution in [0.4, 0.5) is 0 Å². The van der Waals surface area contributed by atoms with E-state index >= 15 is 0 Å². The number of halogens is 1. The lowest BCUT2D eigenvalue weighted by molar-refractivity contribution is -0.126. The molecule has 2 heterocycles. The predicted octanol–water partition coefficient (Wildman–Crippen LogP) is 1.94. The minimum Gasteiger partial charge on any atom is -0.352 e. The van der Waals surface area contributed by atoms with Crippen LogP contribution in [0.3, 0.4) is 0 Å². The highest BCUT2D eigenvalue weighted by Gasteiger charge is 2.31. The third-order valence-corrected chi connectivity index (χ3v) is 5.77. The number of carbonyl (C=O) groups is 2. The minimum absolute atomic E-state index is 0.0803. The molecule has 1 aliphatic heterocycles. The van der Waals surface area contributed by atoms with Crippen LogP contribution in [-0.4, -0.2) is 59.9 Å². The molecule has 1 unspecified atom stereocenters. The number of thiophene rings is 1. The van der Waals surface area contributed by atoms with Gasteiger partial charge in [-0.15, -0.1) is 11.3 Å². The fourth-order valence-corrected chi connectivity index (χ4v) is 3.76. The molecule has 0 radical (unpaired) electrons. The fourth-order valence-electron chi connectivity index (χ4n) is 2.63. The highest BCUT2D eigenvalue weighted by atomic mass is 79.9. The van der Waals surface area contributed by atoms with Crippen molar-refractivity contribution >= 4 is 39.1 Å². The first-order chi connectivity index (χ1) is 10.5. The zero-order valence-electron chi connectivity index (χ0n) is 12.5. The van der Waals surface area contributed by atoms with Crippen LogP contribution in [0.25, 0.3) is 0 Å². The van der Waals surface area contributed by atoms with Crippen molar-refractivity contribution < 1.29 is 9.59 Å². The van der Waals surface area contributed by atoms with Gasteiger partial charge in [0.2, 0.25) is 5.91 Å². The Bertz CT molecular complexity index is 565. The van der Waals surface area contributed by atoms with Crippen molar-refractivity contribution in [3.63, 3.8) is 0 Å². The summed E-state index contributed by atoms with van der Waals surface area (Å²) in [5.41, 5.74) is 0.741. The van der Waals surface area contributed by atoms with E-state index in [1.807, 2.05) is 23.3 Å². The van der Waals surface area contributed by atoms with E-state index in [0.29, 0.717) is 19.1 Å². The van der Waals surface area contributed by atoms with Crippen molar-refractivity contribution in [1.29, 1.82) is 0 Å². The van der Waals surface area contributed by atoms with Gasteiger partial charge in [0, 0.05) is 37.6 Å². The van der Waals surface area contributed by atoms with Gasteiger partial charge >= 0.3 is 0 Å². The first-order valence-corrected chi connectivity index (χ1v) is 9.29. The summed E-state index contributed by atoms with van der Waals surface area (Å²) in [4.78, 5) is 28.5. The molecule has 5 nitrogen and oxygen atoms in total. The molecular formula is C15H20BrN3O2S. The van der Waals surface area contributed by atoms with E-state index in [2.05, 4.69) is 26.1 Å². The predicted molar refractivity (Wildman–Crippen MR) is 90.1 cm³/mol. The average molecular weight is 386 g/mol. The summed E-state index contributed by atoms with van der Waals surface area (Å²) in [6.07, 6.45) is 2.22. The molecule has 2 amide bonds. The molecule has 2 aliphatic rings. The third-order valence-electron chi connectivity index (χ3n) is 4.27. The Morgan fingerprint density at radius 3 is 2.55 bits per heavy atom. The largest absolute Gasteiger partial charge is 0.352 e. The minimum atomic E-state index is -0.117. The molecule has 0 spiro atoms. The van der Waals surface area contributed by atoms with Gasteiger partial charge in [0.05, 0.1) is 15.4 Å². The topological polar surface area (TPSA) is 52.7 Å². The average Bonchev–Trinajstić information content (AvgIpc) is 3.24. The summed E-state index contributed by atoms with van der Waals surface area (Å²) >= 11 is 4.91. The number of piperazine rings is 1. The summed E-state index contributed by atoms with van der Waals surface area (Å²) in [5.74, 6) is 0.195. The summed E-state index contributed by atoms with van der Waals surface area (Å²) in [5, 5.41) is 4.93. The van der Waals surface area contributed by atoms with Crippen LogP contribution in [0.5, 0.6) is 0 Å². The number of rotatable bonds is 4. The molecule has 1 aliphatic carbocycles. The second kappa shape index (κ2) is 6.68. The second-order valence-corrected chi connectivity index (χ2v) is 8.22.